The van der Waals surface area contributed by atoms with E-state index in [1.165, 1.54) is 16.2 Å². The Balaban J connectivity index is 1.72. The van der Waals surface area contributed by atoms with Gasteiger partial charge in [-0.25, -0.2) is 4.98 Å². The predicted octanol–water partition coefficient (Wildman–Crippen LogP) is 3.20. The molecule has 3 heterocycles. The number of hydrogen-bond donors (Lipinski definition) is 0. The third kappa shape index (κ3) is 2.14. The second-order valence-electron chi connectivity index (χ2n) is 5.02. The van der Waals surface area contributed by atoms with Gasteiger partial charge in [-0.1, -0.05) is 18.2 Å². The van der Waals surface area contributed by atoms with Crippen molar-refractivity contribution < 1.29 is 4.74 Å². The quantitative estimate of drug-likeness (QED) is 0.754. The molecule has 0 bridgehead atoms. The molecule has 4 rings (SSSR count). The Morgan fingerprint density at radius 1 is 1.14 bits per heavy atom. The van der Waals surface area contributed by atoms with Crippen molar-refractivity contribution in [3.63, 3.8) is 0 Å². The molecular formula is C16H15N3OS. The van der Waals surface area contributed by atoms with Gasteiger partial charge in [0.25, 0.3) is 0 Å². The normalized spacial score (nSPS) is 17.2. The fourth-order valence-electron chi connectivity index (χ4n) is 2.62. The summed E-state index contributed by atoms with van der Waals surface area (Å²) in [5, 5.41) is 0. The smallest absolute Gasteiger partial charge is 0.163 e. The van der Waals surface area contributed by atoms with Crippen molar-refractivity contribution in [2.45, 2.75) is 4.90 Å². The standard InChI is InChI=1S/C16H15N3OS/c1-18-13-10-19(15-8-4-5-9-17-15)11-20-16(13)12-6-2-3-7-14(12)21-18/h2-9H,10-11H2,1H3. The van der Waals surface area contributed by atoms with Crippen LogP contribution in [0, 0.1) is 0 Å². The van der Waals surface area contributed by atoms with Crippen LogP contribution < -0.4 is 4.90 Å². The maximum absolute atomic E-state index is 6.06. The number of fused-ring (bicyclic) bond motifs is 2. The number of pyridine rings is 1. The molecule has 1 aromatic heterocycles. The lowest BCUT2D eigenvalue weighted by atomic mass is 10.1. The first kappa shape index (κ1) is 12.6. The number of ether oxygens (including phenoxy) is 1. The van der Waals surface area contributed by atoms with Crippen LogP contribution in [-0.4, -0.2) is 29.6 Å². The first-order valence-electron chi connectivity index (χ1n) is 6.86. The summed E-state index contributed by atoms with van der Waals surface area (Å²) in [7, 11) is 2.08. The van der Waals surface area contributed by atoms with Crippen molar-refractivity contribution in [2.24, 2.45) is 0 Å². The molecule has 4 nitrogen and oxygen atoms in total. The Morgan fingerprint density at radius 3 is 2.86 bits per heavy atom. The third-order valence-corrected chi connectivity index (χ3v) is 4.73. The van der Waals surface area contributed by atoms with Gasteiger partial charge in [-0.2, -0.15) is 0 Å². The van der Waals surface area contributed by atoms with Crippen LogP contribution >= 0.6 is 11.9 Å². The van der Waals surface area contributed by atoms with Gasteiger partial charge >= 0.3 is 0 Å². The van der Waals surface area contributed by atoms with Gasteiger partial charge < -0.3 is 13.9 Å². The second-order valence-corrected chi connectivity index (χ2v) is 6.19. The van der Waals surface area contributed by atoms with Crippen LogP contribution in [0.5, 0.6) is 0 Å². The molecule has 0 fully saturated rings. The highest BCUT2D eigenvalue weighted by Gasteiger charge is 2.30. The van der Waals surface area contributed by atoms with E-state index >= 15 is 0 Å². The SMILES string of the molecule is CN1Sc2ccccc2C2=C1CN(c1ccccn1)CO2. The summed E-state index contributed by atoms with van der Waals surface area (Å²) in [5.41, 5.74) is 2.38. The number of aromatic nitrogens is 1. The highest BCUT2D eigenvalue weighted by molar-refractivity contribution is 7.97. The molecule has 0 atom stereocenters. The molecule has 1 aromatic carbocycles. The molecule has 0 N–H and O–H groups in total. The van der Waals surface area contributed by atoms with Gasteiger partial charge in [0.15, 0.2) is 12.5 Å². The van der Waals surface area contributed by atoms with E-state index in [-0.39, 0.29) is 0 Å². The minimum atomic E-state index is 0.530. The van der Waals surface area contributed by atoms with Crippen LogP contribution in [0.25, 0.3) is 5.76 Å². The molecule has 0 amide bonds. The minimum absolute atomic E-state index is 0.530. The van der Waals surface area contributed by atoms with E-state index < -0.39 is 0 Å². The van der Waals surface area contributed by atoms with Gasteiger partial charge in [0.05, 0.1) is 12.2 Å². The number of benzene rings is 1. The Labute approximate surface area is 128 Å². The Hall–Kier alpha value is -2.14. The summed E-state index contributed by atoms with van der Waals surface area (Å²) in [6, 6.07) is 14.3. The molecule has 0 radical (unpaired) electrons. The lowest BCUT2D eigenvalue weighted by Crippen LogP contribution is -2.38. The number of hydrogen-bond acceptors (Lipinski definition) is 5. The fraction of sp³-hybridized carbons (Fsp3) is 0.188. The molecule has 0 unspecified atom stereocenters. The van der Waals surface area contributed by atoms with Crippen LogP contribution in [0.2, 0.25) is 0 Å². The zero-order valence-electron chi connectivity index (χ0n) is 11.7. The van der Waals surface area contributed by atoms with Crippen molar-refractivity contribution >= 4 is 23.5 Å². The van der Waals surface area contributed by atoms with Gasteiger partial charge in [-0.3, -0.25) is 0 Å². The van der Waals surface area contributed by atoms with Crippen molar-refractivity contribution in [2.75, 3.05) is 25.2 Å². The summed E-state index contributed by atoms with van der Waals surface area (Å²) >= 11 is 1.74. The third-order valence-electron chi connectivity index (χ3n) is 3.69. The topological polar surface area (TPSA) is 28.6 Å². The maximum Gasteiger partial charge on any atom is 0.163 e. The van der Waals surface area contributed by atoms with Crippen molar-refractivity contribution in [1.82, 2.24) is 9.29 Å². The van der Waals surface area contributed by atoms with Crippen LogP contribution in [0.1, 0.15) is 5.56 Å². The summed E-state index contributed by atoms with van der Waals surface area (Å²) in [4.78, 5) is 7.79. The van der Waals surface area contributed by atoms with Gasteiger partial charge in [-0.05, 0) is 36.2 Å². The molecule has 0 saturated carbocycles. The molecule has 2 aliphatic heterocycles. The summed E-state index contributed by atoms with van der Waals surface area (Å²) in [5.74, 6) is 1.94. The van der Waals surface area contributed by atoms with E-state index in [0.29, 0.717) is 6.73 Å². The lowest BCUT2D eigenvalue weighted by Gasteiger charge is -2.38. The van der Waals surface area contributed by atoms with Gasteiger partial charge in [0.2, 0.25) is 0 Å². The molecule has 2 aliphatic rings. The fourth-order valence-corrected chi connectivity index (χ4v) is 3.57. The monoisotopic (exact) mass is 297 g/mol. The summed E-state index contributed by atoms with van der Waals surface area (Å²) < 4.78 is 8.24. The Kier molecular flexibility index (Phi) is 3.00. The Morgan fingerprint density at radius 2 is 2.00 bits per heavy atom. The predicted molar refractivity (Wildman–Crippen MR) is 84.5 cm³/mol. The van der Waals surface area contributed by atoms with E-state index in [0.717, 1.165) is 18.1 Å². The van der Waals surface area contributed by atoms with Gasteiger partial charge in [0, 0.05) is 23.7 Å². The summed E-state index contributed by atoms with van der Waals surface area (Å²) in [6.07, 6.45) is 1.81. The second kappa shape index (κ2) is 5.00. The van der Waals surface area contributed by atoms with Crippen LogP contribution in [0.3, 0.4) is 0 Å². The zero-order chi connectivity index (χ0) is 14.2. The largest absolute Gasteiger partial charge is 0.470 e. The molecule has 0 saturated heterocycles. The van der Waals surface area contributed by atoms with Crippen LogP contribution in [-0.2, 0) is 4.74 Å². The number of rotatable bonds is 1. The molecule has 5 heteroatoms. The highest BCUT2D eigenvalue weighted by atomic mass is 32.2. The Bertz CT molecular complexity index is 702. The minimum Gasteiger partial charge on any atom is -0.470 e. The molecule has 0 spiro atoms. The molecule has 0 aliphatic carbocycles. The van der Waals surface area contributed by atoms with Crippen LogP contribution in [0.4, 0.5) is 5.82 Å². The first-order chi connectivity index (χ1) is 10.3. The summed E-state index contributed by atoms with van der Waals surface area (Å²) in [6.45, 7) is 1.34. The van der Waals surface area contributed by atoms with E-state index in [1.807, 2.05) is 24.4 Å². The van der Waals surface area contributed by atoms with E-state index in [1.54, 1.807) is 11.9 Å². The number of nitrogens with zero attached hydrogens (tertiary/aromatic N) is 3. The van der Waals surface area contributed by atoms with Crippen LogP contribution in [0.15, 0.2) is 59.3 Å². The molecule has 2 aromatic rings. The van der Waals surface area contributed by atoms with Crippen molar-refractivity contribution in [3.05, 3.63) is 59.9 Å². The average Bonchev–Trinajstić information content (AvgIpc) is 2.55. The molecular weight excluding hydrogens is 282 g/mol. The van der Waals surface area contributed by atoms with Gasteiger partial charge in [0.1, 0.15) is 5.82 Å². The van der Waals surface area contributed by atoms with E-state index in [2.05, 4.69) is 45.5 Å². The van der Waals surface area contributed by atoms with E-state index in [4.69, 9.17) is 4.74 Å². The maximum atomic E-state index is 6.06. The van der Waals surface area contributed by atoms with E-state index in [9.17, 15) is 0 Å². The van der Waals surface area contributed by atoms with Crippen molar-refractivity contribution in [1.29, 1.82) is 0 Å². The number of likely N-dealkylation sites (N-methyl/N-ethyl adjacent to an activating group) is 1. The lowest BCUT2D eigenvalue weighted by molar-refractivity contribution is 0.249. The molecule has 21 heavy (non-hydrogen) atoms. The zero-order valence-corrected chi connectivity index (χ0v) is 12.5. The van der Waals surface area contributed by atoms with Gasteiger partial charge in [-0.15, -0.1) is 0 Å². The molecule has 106 valence electrons. The highest BCUT2D eigenvalue weighted by Crippen LogP contribution is 2.42. The first-order valence-corrected chi connectivity index (χ1v) is 7.63. The number of anilines is 1. The average molecular weight is 297 g/mol. The van der Waals surface area contributed by atoms with Crippen molar-refractivity contribution in [3.8, 4) is 0 Å².